The molecule has 0 saturated heterocycles. The van der Waals surface area contributed by atoms with Gasteiger partial charge in [0.1, 0.15) is 0 Å². The van der Waals surface area contributed by atoms with Crippen molar-refractivity contribution in [3.63, 3.8) is 0 Å². The molecule has 0 aliphatic heterocycles. The molecule has 0 spiro atoms. The molecule has 0 amide bonds. The van der Waals surface area contributed by atoms with Gasteiger partial charge in [-0.25, -0.2) is 0 Å². The van der Waals surface area contributed by atoms with Crippen LogP contribution in [0.25, 0.3) is 0 Å². The minimum atomic E-state index is -5.25. The van der Waals surface area contributed by atoms with Crippen molar-refractivity contribution >= 4 is 0 Å². The molecule has 56 valence electrons. The Labute approximate surface area is 45.9 Å². The predicted molar refractivity (Wildman–Crippen MR) is 13.3 cm³/mol. The molecule has 7 heteroatoms. The summed E-state index contributed by atoms with van der Waals surface area (Å²) in [5, 5.41) is 8.10. The van der Waals surface area contributed by atoms with Crippen molar-refractivity contribution in [2.75, 3.05) is 0 Å². The highest BCUT2D eigenvalue weighted by Crippen LogP contribution is 2.07. The third-order valence-electron chi connectivity index (χ3n) is 0. The fourth-order valence-corrected chi connectivity index (χ4v) is 0. The molecule has 0 N–H and O–H groups in total. The standard InChI is InChI=1S/CF3O.CF3/c2-1(3,4)5;2-1(3)4. The Bertz CT molecular complexity index is 47.8. The molecule has 0 aliphatic rings. The molecule has 0 aromatic carbocycles. The Kier molecular flexibility index (Phi) is 5.58. The third-order valence-corrected chi connectivity index (χ3v) is 0. The molecular weight excluding hydrogens is 154 g/mol. The van der Waals surface area contributed by atoms with Gasteiger partial charge in [0.2, 0.25) is 0 Å². The van der Waals surface area contributed by atoms with Crippen molar-refractivity contribution in [1.82, 2.24) is 0 Å². The van der Waals surface area contributed by atoms with E-state index < -0.39 is 13.0 Å². The molecule has 0 fully saturated rings. The van der Waals surface area contributed by atoms with Crippen LogP contribution in [0.15, 0.2) is 0 Å². The minimum Gasteiger partial charge on any atom is -0.162 e. The number of halogens is 6. The fraction of sp³-hybridized carbons (Fsp3) is 0.500. The molecule has 0 bridgehead atoms. The van der Waals surface area contributed by atoms with Crippen LogP contribution >= 0.6 is 0 Å². The molecule has 0 heterocycles. The summed E-state index contributed by atoms with van der Waals surface area (Å²) in [6.45, 7) is -3.08. The summed E-state index contributed by atoms with van der Waals surface area (Å²) in [5.74, 6) is 0. The van der Waals surface area contributed by atoms with Crippen LogP contribution in [0, 0.1) is 6.68 Å². The SMILES string of the molecule is F[C](F)F.[O]C(F)(F)F. The molecule has 0 atom stereocenters. The van der Waals surface area contributed by atoms with Crippen molar-refractivity contribution in [2.45, 2.75) is 6.36 Å². The van der Waals surface area contributed by atoms with Crippen LogP contribution in [0.1, 0.15) is 0 Å². The quantitative estimate of drug-likeness (QED) is 0.477. The average molecular weight is 154 g/mol. The summed E-state index contributed by atoms with van der Waals surface area (Å²) in [6, 6.07) is 0. The minimum absolute atomic E-state index is 3.08. The Morgan fingerprint density at radius 1 is 1.00 bits per heavy atom. The van der Waals surface area contributed by atoms with Crippen molar-refractivity contribution in [3.05, 3.63) is 6.68 Å². The van der Waals surface area contributed by atoms with E-state index in [0.29, 0.717) is 0 Å². The van der Waals surface area contributed by atoms with Crippen molar-refractivity contribution < 1.29 is 31.4 Å². The number of alkyl halides is 3. The molecule has 1 nitrogen and oxygen atoms in total. The Balaban J connectivity index is 0. The fourth-order valence-electron chi connectivity index (χ4n) is 0. The second-order valence-corrected chi connectivity index (χ2v) is 0.660. The molecule has 9 heavy (non-hydrogen) atoms. The lowest BCUT2D eigenvalue weighted by atomic mass is 11.4. The van der Waals surface area contributed by atoms with Crippen LogP contribution in [0.4, 0.5) is 26.3 Å². The normalized spacial score (nSPS) is 10.7. The number of hydrogen-bond donors (Lipinski definition) is 0. The van der Waals surface area contributed by atoms with Gasteiger partial charge in [0.05, 0.1) is 0 Å². The first-order chi connectivity index (χ1) is 3.73. The smallest absolute Gasteiger partial charge is 0.162 e. The maximum Gasteiger partial charge on any atom is 0.549 e. The van der Waals surface area contributed by atoms with Gasteiger partial charge < -0.3 is 0 Å². The zero-order chi connectivity index (χ0) is 8.08. The zero-order valence-electron chi connectivity index (χ0n) is 3.68. The van der Waals surface area contributed by atoms with Crippen molar-refractivity contribution in [2.24, 2.45) is 0 Å². The van der Waals surface area contributed by atoms with E-state index in [2.05, 4.69) is 0 Å². The summed E-state index contributed by atoms with van der Waals surface area (Å²) in [6.07, 6.45) is -5.25. The van der Waals surface area contributed by atoms with Gasteiger partial charge in [-0.05, 0) is 0 Å². The summed E-state index contributed by atoms with van der Waals surface area (Å²) in [5.41, 5.74) is 0. The van der Waals surface area contributed by atoms with E-state index in [-0.39, 0.29) is 0 Å². The molecule has 0 aromatic rings. The van der Waals surface area contributed by atoms with Gasteiger partial charge in [-0.1, -0.05) is 0 Å². The Hall–Kier alpha value is -0.460. The van der Waals surface area contributed by atoms with E-state index >= 15 is 0 Å². The molecule has 2 radical (unpaired) electrons. The summed E-state index contributed by atoms with van der Waals surface area (Å²) in [4.78, 5) is 0. The third kappa shape index (κ3) is 1090. The van der Waals surface area contributed by atoms with Crippen LogP contribution in [0.2, 0.25) is 0 Å². The molecule has 0 aliphatic carbocycles. The van der Waals surface area contributed by atoms with Gasteiger partial charge in [-0.2, -0.15) is 13.2 Å². The van der Waals surface area contributed by atoms with E-state index in [4.69, 9.17) is 5.11 Å². The maximum atomic E-state index is 9.80. The van der Waals surface area contributed by atoms with Gasteiger partial charge >= 0.3 is 13.0 Å². The van der Waals surface area contributed by atoms with Crippen LogP contribution in [-0.2, 0) is 5.11 Å². The topological polar surface area (TPSA) is 19.9 Å². The summed E-state index contributed by atoms with van der Waals surface area (Å²) < 4.78 is 58.1. The Morgan fingerprint density at radius 2 is 1.00 bits per heavy atom. The molecule has 0 unspecified atom stereocenters. The molecular formula is C2F6O. The van der Waals surface area contributed by atoms with Crippen LogP contribution < -0.4 is 0 Å². The van der Waals surface area contributed by atoms with Crippen LogP contribution in [-0.4, -0.2) is 6.36 Å². The van der Waals surface area contributed by atoms with E-state index in [0.717, 1.165) is 0 Å². The predicted octanol–water partition coefficient (Wildman–Crippen LogP) is 2.28. The lowest BCUT2D eigenvalue weighted by Gasteiger charge is -1.82. The van der Waals surface area contributed by atoms with Crippen molar-refractivity contribution in [3.8, 4) is 0 Å². The lowest BCUT2D eigenvalue weighted by Crippen LogP contribution is -1.99. The van der Waals surface area contributed by atoms with E-state index in [1.807, 2.05) is 0 Å². The first-order valence-corrected chi connectivity index (χ1v) is 1.34. The maximum absolute atomic E-state index is 9.80. The monoisotopic (exact) mass is 154 g/mol. The largest absolute Gasteiger partial charge is 0.549 e. The van der Waals surface area contributed by atoms with E-state index in [9.17, 15) is 26.3 Å². The zero-order valence-corrected chi connectivity index (χ0v) is 3.68. The van der Waals surface area contributed by atoms with Gasteiger partial charge in [0, 0.05) is 0 Å². The van der Waals surface area contributed by atoms with E-state index in [1.165, 1.54) is 0 Å². The Morgan fingerprint density at radius 3 is 1.00 bits per heavy atom. The second-order valence-electron chi connectivity index (χ2n) is 0.660. The van der Waals surface area contributed by atoms with Gasteiger partial charge in [0.15, 0.2) is 0 Å². The first kappa shape index (κ1) is 11.4. The highest BCUT2D eigenvalue weighted by atomic mass is 19.4. The second kappa shape index (κ2) is 4.42. The molecule has 0 saturated carbocycles. The van der Waals surface area contributed by atoms with Gasteiger partial charge in [-0.15, -0.1) is 18.3 Å². The van der Waals surface area contributed by atoms with Crippen LogP contribution in [0.3, 0.4) is 0 Å². The number of rotatable bonds is 0. The van der Waals surface area contributed by atoms with Crippen LogP contribution in [0.5, 0.6) is 0 Å². The highest BCUT2D eigenvalue weighted by Gasteiger charge is 2.24. The molecule has 0 aromatic heterocycles. The van der Waals surface area contributed by atoms with Crippen molar-refractivity contribution in [1.29, 1.82) is 0 Å². The highest BCUT2D eigenvalue weighted by molar-refractivity contribution is 4.21. The van der Waals surface area contributed by atoms with E-state index in [1.54, 1.807) is 0 Å². The average Bonchev–Trinajstić information content (AvgIpc) is 1.19. The van der Waals surface area contributed by atoms with Gasteiger partial charge in [-0.3, -0.25) is 0 Å². The lowest BCUT2D eigenvalue weighted by molar-refractivity contribution is -0.331. The first-order valence-electron chi connectivity index (χ1n) is 1.34. The number of hydrogen-bond acceptors (Lipinski definition) is 0. The summed E-state index contributed by atoms with van der Waals surface area (Å²) >= 11 is 0. The molecule has 0 rings (SSSR count). The summed E-state index contributed by atoms with van der Waals surface area (Å²) in [7, 11) is 0. The van der Waals surface area contributed by atoms with Gasteiger partial charge in [0.25, 0.3) is 0 Å².